The highest BCUT2D eigenvalue weighted by atomic mass is 16.6. The van der Waals surface area contributed by atoms with Gasteiger partial charge in [0.2, 0.25) is 0 Å². The molecule has 1 aromatic rings. The standard InChI is InChI=1S/C25H38N2O3/c1-16-26-15-19(30-16)10-13-29-27-18-8-11-24(2)17(14-18)4-5-20-21-6-7-23(28)25(21,3)12-9-22(20)24/h15,17,20-23,28H,4-14H2,1-3H3/t17?,20?,21?,22-,23?,24?,25?/m0/s1. The van der Waals surface area contributed by atoms with Gasteiger partial charge in [0.15, 0.2) is 5.89 Å². The highest BCUT2D eigenvalue weighted by Crippen LogP contribution is 2.65. The molecule has 1 aromatic heterocycles. The van der Waals surface area contributed by atoms with Gasteiger partial charge >= 0.3 is 0 Å². The Hall–Kier alpha value is -1.36. The zero-order valence-corrected chi connectivity index (χ0v) is 18.9. The molecule has 30 heavy (non-hydrogen) atoms. The number of aromatic nitrogens is 1. The molecule has 0 aliphatic heterocycles. The van der Waals surface area contributed by atoms with Crippen LogP contribution in [0.3, 0.4) is 0 Å². The minimum Gasteiger partial charge on any atom is -0.446 e. The summed E-state index contributed by atoms with van der Waals surface area (Å²) in [6.45, 7) is 7.36. The highest BCUT2D eigenvalue weighted by molar-refractivity contribution is 5.85. The Balaban J connectivity index is 1.21. The number of oxazole rings is 1. The molecule has 4 fully saturated rings. The van der Waals surface area contributed by atoms with Crippen LogP contribution in [0.25, 0.3) is 0 Å². The van der Waals surface area contributed by atoms with Crippen LogP contribution < -0.4 is 0 Å². The van der Waals surface area contributed by atoms with Crippen LogP contribution in [0.1, 0.15) is 83.3 Å². The van der Waals surface area contributed by atoms with E-state index in [1.165, 1.54) is 44.2 Å². The topological polar surface area (TPSA) is 67.9 Å². The fourth-order valence-electron chi connectivity index (χ4n) is 7.92. The fourth-order valence-corrected chi connectivity index (χ4v) is 7.92. The van der Waals surface area contributed by atoms with E-state index in [0.29, 0.717) is 24.3 Å². The summed E-state index contributed by atoms with van der Waals surface area (Å²) in [6.07, 6.45) is 13.3. The normalized spacial score (nSPS) is 44.4. The third kappa shape index (κ3) is 3.32. The molecular formula is C25H38N2O3. The van der Waals surface area contributed by atoms with E-state index < -0.39 is 0 Å². The maximum atomic E-state index is 10.6. The minimum atomic E-state index is -0.0721. The van der Waals surface area contributed by atoms with Crippen LogP contribution in [0.15, 0.2) is 15.8 Å². The molecule has 4 aliphatic carbocycles. The van der Waals surface area contributed by atoms with Crippen molar-refractivity contribution < 1.29 is 14.4 Å². The Labute approximate surface area is 180 Å². The maximum Gasteiger partial charge on any atom is 0.191 e. The summed E-state index contributed by atoms with van der Waals surface area (Å²) < 4.78 is 5.50. The number of aryl methyl sites for hydroxylation is 1. The number of aliphatic hydroxyl groups is 1. The Bertz CT molecular complexity index is 804. The Morgan fingerprint density at radius 1 is 1.13 bits per heavy atom. The molecule has 0 spiro atoms. The molecule has 0 aromatic carbocycles. The molecule has 1 N–H and O–H groups in total. The molecule has 5 nitrogen and oxygen atoms in total. The highest BCUT2D eigenvalue weighted by Gasteiger charge is 2.59. The van der Waals surface area contributed by atoms with E-state index in [1.807, 2.05) is 6.92 Å². The molecule has 0 radical (unpaired) electrons. The molecule has 4 aliphatic rings. The van der Waals surface area contributed by atoms with E-state index in [2.05, 4.69) is 24.0 Å². The first-order chi connectivity index (χ1) is 14.4. The van der Waals surface area contributed by atoms with Gasteiger partial charge in [-0.2, -0.15) is 0 Å². The molecule has 6 unspecified atom stereocenters. The summed E-state index contributed by atoms with van der Waals surface area (Å²) in [5, 5.41) is 15.2. The summed E-state index contributed by atoms with van der Waals surface area (Å²) in [5.41, 5.74) is 1.87. The molecule has 5 rings (SSSR count). The van der Waals surface area contributed by atoms with Crippen LogP contribution >= 0.6 is 0 Å². The van der Waals surface area contributed by atoms with Crippen LogP contribution in [-0.2, 0) is 11.3 Å². The largest absolute Gasteiger partial charge is 0.446 e. The fraction of sp³-hybridized carbons (Fsp3) is 0.840. The Morgan fingerprint density at radius 3 is 2.77 bits per heavy atom. The van der Waals surface area contributed by atoms with Crippen molar-refractivity contribution in [2.24, 2.45) is 39.7 Å². The number of hydrogen-bond donors (Lipinski definition) is 1. The van der Waals surface area contributed by atoms with E-state index in [4.69, 9.17) is 9.25 Å². The van der Waals surface area contributed by atoms with Gasteiger partial charge in [0, 0.05) is 13.3 Å². The molecule has 7 atom stereocenters. The van der Waals surface area contributed by atoms with Crippen molar-refractivity contribution in [2.75, 3.05) is 6.61 Å². The number of rotatable bonds is 4. The SMILES string of the molecule is Cc1ncc(CCON=C2CCC3(C)C(CCC4C5CCC(O)C5(C)CC[C@@H]43)C2)o1. The quantitative estimate of drug-likeness (QED) is 0.536. The summed E-state index contributed by atoms with van der Waals surface area (Å²) >= 11 is 0. The number of oxime groups is 1. The second kappa shape index (κ2) is 7.65. The molecular weight excluding hydrogens is 376 g/mol. The van der Waals surface area contributed by atoms with E-state index >= 15 is 0 Å². The van der Waals surface area contributed by atoms with Crippen molar-refractivity contribution >= 4 is 5.71 Å². The average Bonchev–Trinajstić information content (AvgIpc) is 3.28. The zero-order chi connectivity index (χ0) is 20.9. The first-order valence-electron chi connectivity index (χ1n) is 12.2. The van der Waals surface area contributed by atoms with Gasteiger partial charge in [0.25, 0.3) is 0 Å². The molecule has 0 bridgehead atoms. The van der Waals surface area contributed by atoms with Crippen LogP contribution in [0, 0.1) is 41.4 Å². The van der Waals surface area contributed by atoms with Crippen LogP contribution in [0.2, 0.25) is 0 Å². The number of hydrogen-bond acceptors (Lipinski definition) is 5. The van der Waals surface area contributed by atoms with Crippen LogP contribution in [0.4, 0.5) is 0 Å². The van der Waals surface area contributed by atoms with E-state index in [0.717, 1.165) is 48.7 Å². The first kappa shape index (κ1) is 20.5. The molecule has 4 saturated carbocycles. The first-order valence-corrected chi connectivity index (χ1v) is 12.2. The van der Waals surface area contributed by atoms with E-state index in [1.54, 1.807) is 6.20 Å². The van der Waals surface area contributed by atoms with Gasteiger partial charge < -0.3 is 14.4 Å². The number of nitrogens with zero attached hydrogens (tertiary/aromatic N) is 2. The molecule has 166 valence electrons. The molecule has 1 heterocycles. The van der Waals surface area contributed by atoms with Gasteiger partial charge in [-0.3, -0.25) is 0 Å². The smallest absolute Gasteiger partial charge is 0.191 e. The summed E-state index contributed by atoms with van der Waals surface area (Å²) in [4.78, 5) is 9.79. The third-order valence-electron chi connectivity index (χ3n) is 9.75. The van der Waals surface area contributed by atoms with E-state index in [9.17, 15) is 5.11 Å². The van der Waals surface area contributed by atoms with Crippen molar-refractivity contribution in [3.63, 3.8) is 0 Å². The third-order valence-corrected chi connectivity index (χ3v) is 9.75. The molecule has 5 heteroatoms. The summed E-state index contributed by atoms with van der Waals surface area (Å²) in [7, 11) is 0. The monoisotopic (exact) mass is 414 g/mol. The predicted octanol–water partition coefficient (Wildman–Crippen LogP) is 5.30. The van der Waals surface area contributed by atoms with E-state index in [-0.39, 0.29) is 11.5 Å². The average molecular weight is 415 g/mol. The van der Waals surface area contributed by atoms with Gasteiger partial charge in [0.05, 0.1) is 18.0 Å². The van der Waals surface area contributed by atoms with Crippen molar-refractivity contribution in [1.82, 2.24) is 4.98 Å². The number of fused-ring (bicyclic) bond motifs is 5. The van der Waals surface area contributed by atoms with Gasteiger partial charge in [0.1, 0.15) is 12.4 Å². The van der Waals surface area contributed by atoms with Crippen LogP contribution in [0.5, 0.6) is 0 Å². The molecule has 0 amide bonds. The Kier molecular flexibility index (Phi) is 5.24. The lowest BCUT2D eigenvalue weighted by Crippen LogP contribution is -2.54. The summed E-state index contributed by atoms with van der Waals surface area (Å²) in [6, 6.07) is 0. The zero-order valence-electron chi connectivity index (χ0n) is 18.9. The van der Waals surface area contributed by atoms with Crippen molar-refractivity contribution in [1.29, 1.82) is 0 Å². The second-order valence-electron chi connectivity index (χ2n) is 11.1. The maximum absolute atomic E-state index is 10.6. The van der Waals surface area contributed by atoms with Crippen molar-refractivity contribution in [3.05, 3.63) is 17.8 Å². The lowest BCUT2D eigenvalue weighted by molar-refractivity contribution is -0.112. The van der Waals surface area contributed by atoms with Crippen molar-refractivity contribution in [2.45, 2.75) is 91.1 Å². The number of aliphatic hydroxyl groups excluding tert-OH is 1. The summed E-state index contributed by atoms with van der Waals surface area (Å²) in [5.74, 6) is 4.70. The minimum absolute atomic E-state index is 0.0721. The van der Waals surface area contributed by atoms with Crippen molar-refractivity contribution in [3.8, 4) is 0 Å². The Morgan fingerprint density at radius 2 is 1.97 bits per heavy atom. The van der Waals surface area contributed by atoms with Gasteiger partial charge in [-0.1, -0.05) is 19.0 Å². The molecule has 0 saturated heterocycles. The van der Waals surface area contributed by atoms with Gasteiger partial charge in [-0.15, -0.1) is 0 Å². The van der Waals surface area contributed by atoms with Gasteiger partial charge in [-0.25, -0.2) is 4.98 Å². The second-order valence-corrected chi connectivity index (χ2v) is 11.1. The van der Waals surface area contributed by atoms with Gasteiger partial charge in [-0.05, 0) is 92.3 Å². The predicted molar refractivity (Wildman–Crippen MR) is 116 cm³/mol. The van der Waals surface area contributed by atoms with Crippen LogP contribution in [-0.4, -0.2) is 28.5 Å². The lowest BCUT2D eigenvalue weighted by Gasteiger charge is -2.60. The lowest BCUT2D eigenvalue weighted by atomic mass is 9.45.